The Bertz CT molecular complexity index is 1220. The molecule has 0 aliphatic rings. The summed E-state index contributed by atoms with van der Waals surface area (Å²) in [6.45, 7) is -0.0915. The van der Waals surface area contributed by atoms with E-state index in [4.69, 9.17) is 4.52 Å². The lowest BCUT2D eigenvalue weighted by Gasteiger charge is -2.07. The number of hydrogen-bond donors (Lipinski definition) is 1. The minimum Gasteiger partial charge on any atom is -0.350 e. The van der Waals surface area contributed by atoms with Gasteiger partial charge in [-0.05, 0) is 35.9 Å². The minimum atomic E-state index is -0.454. The summed E-state index contributed by atoms with van der Waals surface area (Å²) in [7, 11) is 0. The van der Waals surface area contributed by atoms with E-state index in [1.807, 2.05) is 0 Å². The molecule has 0 saturated carbocycles. The van der Waals surface area contributed by atoms with E-state index in [0.29, 0.717) is 11.4 Å². The summed E-state index contributed by atoms with van der Waals surface area (Å²) < 4.78 is 19.2. The van der Waals surface area contributed by atoms with Gasteiger partial charge >= 0.3 is 0 Å². The first-order chi connectivity index (χ1) is 14.6. The predicted octanol–water partition coefficient (Wildman–Crippen LogP) is 1.81. The molecule has 0 radical (unpaired) electrons. The molecule has 0 unspecified atom stereocenters. The molecule has 3 heterocycles. The molecule has 1 amide bonds. The zero-order chi connectivity index (χ0) is 20.9. The van der Waals surface area contributed by atoms with Crippen LogP contribution in [0.2, 0.25) is 0 Å². The lowest BCUT2D eigenvalue weighted by molar-refractivity contribution is -0.122. The van der Waals surface area contributed by atoms with Crippen LogP contribution in [0.15, 0.2) is 70.2 Å². The highest BCUT2D eigenvalue weighted by molar-refractivity contribution is 5.75. The topological polar surface area (TPSA) is 116 Å². The highest BCUT2D eigenvalue weighted by Crippen LogP contribution is 2.19. The van der Waals surface area contributed by atoms with Gasteiger partial charge in [0.2, 0.25) is 11.7 Å². The quantitative estimate of drug-likeness (QED) is 0.519. The van der Waals surface area contributed by atoms with E-state index in [0.717, 1.165) is 10.2 Å². The molecule has 0 aliphatic heterocycles. The van der Waals surface area contributed by atoms with Crippen LogP contribution in [0.4, 0.5) is 4.39 Å². The number of carbonyl (C=O) groups excluding carboxylic acids is 1. The van der Waals surface area contributed by atoms with E-state index in [-0.39, 0.29) is 30.5 Å². The SMILES string of the molecule is O=C(Cn1nc(-c2nc(-c3ccncc3)no2)ccc1=O)NCc1ccc(F)cc1. The van der Waals surface area contributed by atoms with E-state index in [1.54, 1.807) is 36.7 Å². The number of rotatable bonds is 6. The van der Waals surface area contributed by atoms with Crippen LogP contribution in [0.5, 0.6) is 0 Å². The van der Waals surface area contributed by atoms with Crippen molar-refractivity contribution in [3.63, 3.8) is 0 Å². The molecule has 150 valence electrons. The number of benzene rings is 1. The lowest BCUT2D eigenvalue weighted by atomic mass is 10.2. The Morgan fingerprint density at radius 1 is 1.07 bits per heavy atom. The number of nitrogens with zero attached hydrogens (tertiary/aromatic N) is 5. The van der Waals surface area contributed by atoms with Crippen LogP contribution in [0.1, 0.15) is 5.56 Å². The van der Waals surface area contributed by atoms with Crippen molar-refractivity contribution < 1.29 is 13.7 Å². The zero-order valence-corrected chi connectivity index (χ0v) is 15.5. The lowest BCUT2D eigenvalue weighted by Crippen LogP contribution is -2.33. The third kappa shape index (κ3) is 4.43. The van der Waals surface area contributed by atoms with Crippen LogP contribution in [-0.4, -0.2) is 30.8 Å². The van der Waals surface area contributed by atoms with E-state index in [2.05, 4.69) is 25.5 Å². The van der Waals surface area contributed by atoms with Crippen LogP contribution < -0.4 is 10.9 Å². The molecule has 0 atom stereocenters. The van der Waals surface area contributed by atoms with E-state index in [1.165, 1.54) is 24.3 Å². The van der Waals surface area contributed by atoms with Crippen LogP contribution in [0.25, 0.3) is 23.0 Å². The van der Waals surface area contributed by atoms with Gasteiger partial charge in [-0.2, -0.15) is 10.1 Å². The van der Waals surface area contributed by atoms with Gasteiger partial charge in [0.25, 0.3) is 11.4 Å². The van der Waals surface area contributed by atoms with Crippen molar-refractivity contribution in [1.82, 2.24) is 30.2 Å². The van der Waals surface area contributed by atoms with Crippen LogP contribution in [0, 0.1) is 5.82 Å². The van der Waals surface area contributed by atoms with Gasteiger partial charge in [0.1, 0.15) is 18.1 Å². The summed E-state index contributed by atoms with van der Waals surface area (Å²) in [5.74, 6) is -0.314. The highest BCUT2D eigenvalue weighted by Gasteiger charge is 2.14. The fourth-order valence-electron chi connectivity index (χ4n) is 2.62. The molecule has 30 heavy (non-hydrogen) atoms. The second-order valence-electron chi connectivity index (χ2n) is 6.28. The second kappa shape index (κ2) is 8.43. The first-order valence-electron chi connectivity index (χ1n) is 8.92. The largest absolute Gasteiger partial charge is 0.350 e. The van der Waals surface area contributed by atoms with Crippen molar-refractivity contribution >= 4 is 5.91 Å². The number of aromatic nitrogens is 5. The van der Waals surface area contributed by atoms with Crippen LogP contribution in [-0.2, 0) is 17.9 Å². The zero-order valence-electron chi connectivity index (χ0n) is 15.5. The first-order valence-corrected chi connectivity index (χ1v) is 8.92. The summed E-state index contributed by atoms with van der Waals surface area (Å²) in [6, 6.07) is 11.9. The molecule has 4 aromatic rings. The van der Waals surface area contributed by atoms with Gasteiger partial charge in [0.05, 0.1) is 0 Å². The van der Waals surface area contributed by atoms with Crippen molar-refractivity contribution in [2.24, 2.45) is 0 Å². The Morgan fingerprint density at radius 2 is 1.83 bits per heavy atom. The molecule has 0 fully saturated rings. The molecule has 1 N–H and O–H groups in total. The van der Waals surface area contributed by atoms with E-state index >= 15 is 0 Å². The normalized spacial score (nSPS) is 10.7. The number of carbonyl (C=O) groups is 1. The maximum atomic E-state index is 12.9. The molecule has 9 nitrogen and oxygen atoms in total. The maximum Gasteiger partial charge on any atom is 0.278 e. The molecule has 0 saturated heterocycles. The summed E-state index contributed by atoms with van der Waals surface area (Å²) >= 11 is 0. The first kappa shape index (κ1) is 19.1. The Labute approximate surface area is 169 Å². The molecular weight excluding hydrogens is 391 g/mol. The fraction of sp³-hybridized carbons (Fsp3) is 0.100. The number of nitrogens with one attached hydrogen (secondary N) is 1. The van der Waals surface area contributed by atoms with Gasteiger partial charge in [-0.1, -0.05) is 17.3 Å². The molecule has 10 heteroatoms. The Morgan fingerprint density at radius 3 is 2.60 bits per heavy atom. The van der Waals surface area contributed by atoms with Crippen molar-refractivity contribution in [2.75, 3.05) is 0 Å². The van der Waals surface area contributed by atoms with Crippen LogP contribution >= 0.6 is 0 Å². The van der Waals surface area contributed by atoms with E-state index in [9.17, 15) is 14.0 Å². The Hall–Kier alpha value is -4.21. The van der Waals surface area contributed by atoms with Gasteiger partial charge in [0, 0.05) is 30.6 Å². The Kier molecular flexibility index (Phi) is 5.37. The maximum absolute atomic E-state index is 12.9. The standard InChI is InChI=1S/C20H15FN6O3/c21-15-3-1-13(2-4-15)11-23-17(28)12-27-18(29)6-5-16(25-27)20-24-19(26-30-20)14-7-9-22-10-8-14/h1-10H,11-12H2,(H,23,28). The van der Waals surface area contributed by atoms with Gasteiger partial charge in [-0.15, -0.1) is 0 Å². The predicted molar refractivity (Wildman–Crippen MR) is 103 cm³/mol. The average molecular weight is 406 g/mol. The van der Waals surface area contributed by atoms with Crippen LogP contribution in [0.3, 0.4) is 0 Å². The Balaban J connectivity index is 1.47. The summed E-state index contributed by atoms with van der Waals surface area (Å²) in [5.41, 5.74) is 1.25. The smallest absolute Gasteiger partial charge is 0.278 e. The van der Waals surface area contributed by atoms with Crippen molar-refractivity contribution in [3.8, 4) is 23.0 Å². The molecule has 0 bridgehead atoms. The fourth-order valence-corrected chi connectivity index (χ4v) is 2.62. The minimum absolute atomic E-state index is 0.113. The average Bonchev–Trinajstić information content (AvgIpc) is 3.26. The summed E-state index contributed by atoms with van der Waals surface area (Å²) in [5, 5.41) is 10.7. The van der Waals surface area contributed by atoms with E-state index < -0.39 is 11.5 Å². The molecule has 1 aromatic carbocycles. The second-order valence-corrected chi connectivity index (χ2v) is 6.28. The monoisotopic (exact) mass is 406 g/mol. The van der Waals surface area contributed by atoms with Gasteiger partial charge in [-0.3, -0.25) is 14.6 Å². The third-order valence-electron chi connectivity index (χ3n) is 4.15. The number of pyridine rings is 1. The van der Waals surface area contributed by atoms with Gasteiger partial charge in [-0.25, -0.2) is 9.07 Å². The van der Waals surface area contributed by atoms with Crippen molar-refractivity contribution in [3.05, 3.63) is 82.7 Å². The van der Waals surface area contributed by atoms with Crippen molar-refractivity contribution in [2.45, 2.75) is 13.1 Å². The molecule has 4 rings (SSSR count). The summed E-state index contributed by atoms with van der Waals surface area (Å²) in [4.78, 5) is 32.5. The number of hydrogen-bond acceptors (Lipinski definition) is 7. The van der Waals surface area contributed by atoms with Crippen molar-refractivity contribution in [1.29, 1.82) is 0 Å². The van der Waals surface area contributed by atoms with Gasteiger partial charge in [0.15, 0.2) is 0 Å². The summed E-state index contributed by atoms with van der Waals surface area (Å²) in [6.07, 6.45) is 3.21. The van der Waals surface area contributed by atoms with Gasteiger partial charge < -0.3 is 9.84 Å². The number of halogens is 1. The third-order valence-corrected chi connectivity index (χ3v) is 4.15. The molecular formula is C20H15FN6O3. The molecule has 0 aliphatic carbocycles. The number of amides is 1. The molecule has 3 aromatic heterocycles. The highest BCUT2D eigenvalue weighted by atomic mass is 19.1. The molecule has 0 spiro atoms.